The second kappa shape index (κ2) is 7.80. The number of carbonyl (C=O) groups excluding carboxylic acids is 1. The molecule has 0 saturated heterocycles. The number of hydrogen-bond acceptors (Lipinski definition) is 6. The zero-order valence-electron chi connectivity index (χ0n) is 16.5. The van der Waals surface area contributed by atoms with Gasteiger partial charge in [0.2, 0.25) is 5.88 Å². The van der Waals surface area contributed by atoms with Crippen LogP contribution in [-0.2, 0) is 4.79 Å². The van der Waals surface area contributed by atoms with E-state index in [-0.39, 0.29) is 36.2 Å². The summed E-state index contributed by atoms with van der Waals surface area (Å²) in [6.45, 7) is 6.07. The molecule has 1 aromatic heterocycles. The molecule has 8 heteroatoms. The molecule has 0 aliphatic carbocycles. The summed E-state index contributed by atoms with van der Waals surface area (Å²) >= 11 is 0. The van der Waals surface area contributed by atoms with Crippen LogP contribution in [0.4, 0.5) is 11.5 Å². The Morgan fingerprint density at radius 3 is 2.83 bits per heavy atom. The molecule has 3 N–H and O–H groups in total. The lowest BCUT2D eigenvalue weighted by atomic mass is 9.90. The largest absolute Gasteiger partial charge is 0.481 e. The van der Waals surface area contributed by atoms with Gasteiger partial charge in [-0.15, -0.1) is 0 Å². The fraction of sp³-hybridized carbons (Fsp3) is 0.333. The highest BCUT2D eigenvalue weighted by Crippen LogP contribution is 2.29. The molecular formula is C21H22N4O4. The Bertz CT molecular complexity index is 1040. The van der Waals surface area contributed by atoms with E-state index in [1.54, 1.807) is 24.8 Å². The highest BCUT2D eigenvalue weighted by Gasteiger charge is 2.29. The number of hydrogen-bond donors (Lipinski definition) is 2. The molecule has 29 heavy (non-hydrogen) atoms. The molecule has 0 radical (unpaired) electrons. The average molecular weight is 394 g/mol. The van der Waals surface area contributed by atoms with E-state index in [9.17, 15) is 9.59 Å². The first kappa shape index (κ1) is 20.1. The first-order valence-electron chi connectivity index (χ1n) is 9.09. The monoisotopic (exact) mass is 394 g/mol. The lowest BCUT2D eigenvalue weighted by Crippen LogP contribution is -2.33. The van der Waals surface area contributed by atoms with Crippen LogP contribution in [0.5, 0.6) is 5.88 Å². The summed E-state index contributed by atoms with van der Waals surface area (Å²) in [4.78, 5) is 33.5. The molecule has 8 nitrogen and oxygen atoms in total. The van der Waals surface area contributed by atoms with E-state index in [0.29, 0.717) is 12.2 Å². The fourth-order valence-corrected chi connectivity index (χ4v) is 3.09. The van der Waals surface area contributed by atoms with Crippen molar-refractivity contribution in [1.82, 2.24) is 9.97 Å². The van der Waals surface area contributed by atoms with E-state index in [1.807, 2.05) is 19.1 Å². The summed E-state index contributed by atoms with van der Waals surface area (Å²) in [5.74, 6) is 5.09. The SMILES string of the molecule is Cc1cc(C#CC(C)(C)CC(=O)O)ccc1N1CCOc2ncnc(N)c2C1=O. The first-order valence-corrected chi connectivity index (χ1v) is 9.09. The maximum Gasteiger partial charge on any atom is 0.304 e. The van der Waals surface area contributed by atoms with Gasteiger partial charge in [-0.05, 0) is 44.5 Å². The number of aromatic nitrogens is 2. The second-order valence-corrected chi connectivity index (χ2v) is 7.45. The molecule has 150 valence electrons. The number of amides is 1. The number of carboxylic acid groups (broad SMARTS) is 1. The number of fused-ring (bicyclic) bond motifs is 1. The van der Waals surface area contributed by atoms with Gasteiger partial charge < -0.3 is 20.5 Å². The van der Waals surface area contributed by atoms with E-state index < -0.39 is 11.4 Å². The van der Waals surface area contributed by atoms with Crippen LogP contribution in [0.2, 0.25) is 0 Å². The van der Waals surface area contributed by atoms with Crippen LogP contribution in [0.1, 0.15) is 41.8 Å². The molecule has 1 amide bonds. The van der Waals surface area contributed by atoms with Gasteiger partial charge in [0, 0.05) is 16.7 Å². The summed E-state index contributed by atoms with van der Waals surface area (Å²) in [6.07, 6.45) is 1.23. The zero-order chi connectivity index (χ0) is 21.2. The van der Waals surface area contributed by atoms with Crippen LogP contribution in [0.3, 0.4) is 0 Å². The lowest BCUT2D eigenvalue weighted by Gasteiger charge is -2.22. The molecule has 0 unspecified atom stereocenters. The quantitative estimate of drug-likeness (QED) is 0.767. The summed E-state index contributed by atoms with van der Waals surface area (Å²) in [7, 11) is 0. The van der Waals surface area contributed by atoms with E-state index >= 15 is 0 Å². The van der Waals surface area contributed by atoms with Crippen molar-refractivity contribution in [3.63, 3.8) is 0 Å². The summed E-state index contributed by atoms with van der Waals surface area (Å²) in [6, 6.07) is 5.48. The van der Waals surface area contributed by atoms with Gasteiger partial charge in [0.05, 0.1) is 13.0 Å². The molecule has 2 heterocycles. The molecule has 0 bridgehead atoms. The minimum absolute atomic E-state index is 0.0394. The number of carboxylic acids is 1. The highest BCUT2D eigenvalue weighted by atomic mass is 16.5. The van der Waals surface area contributed by atoms with Crippen molar-refractivity contribution in [1.29, 1.82) is 0 Å². The standard InChI is InChI=1S/C21H22N4O4/c1-13-10-14(6-7-21(2,3)11-16(26)27)4-5-15(13)25-8-9-29-19-17(20(25)28)18(22)23-12-24-19/h4-5,10,12H,8-9,11H2,1-3H3,(H,26,27)(H2,22,23,24). The van der Waals surface area contributed by atoms with Crippen molar-refractivity contribution >= 4 is 23.4 Å². The van der Waals surface area contributed by atoms with Crippen LogP contribution in [0.25, 0.3) is 0 Å². The normalized spacial score (nSPS) is 13.6. The van der Waals surface area contributed by atoms with Crippen LogP contribution in [-0.4, -0.2) is 40.1 Å². The number of rotatable bonds is 3. The third-order valence-corrected chi connectivity index (χ3v) is 4.48. The molecule has 0 atom stereocenters. The Morgan fingerprint density at radius 2 is 2.14 bits per heavy atom. The Morgan fingerprint density at radius 1 is 1.38 bits per heavy atom. The van der Waals surface area contributed by atoms with Gasteiger partial charge in [-0.1, -0.05) is 11.8 Å². The number of ether oxygens (including phenoxy) is 1. The smallest absolute Gasteiger partial charge is 0.304 e. The fourth-order valence-electron chi connectivity index (χ4n) is 3.09. The summed E-state index contributed by atoms with van der Waals surface area (Å²) in [5.41, 5.74) is 7.70. The molecule has 1 aliphatic rings. The second-order valence-electron chi connectivity index (χ2n) is 7.45. The maximum atomic E-state index is 13.1. The summed E-state index contributed by atoms with van der Waals surface area (Å²) in [5, 5.41) is 8.97. The average Bonchev–Trinajstić information content (AvgIpc) is 2.79. The number of nitrogens with two attached hydrogens (primary N) is 1. The molecule has 1 aromatic carbocycles. The van der Waals surface area contributed by atoms with Crippen molar-refractivity contribution < 1.29 is 19.4 Å². The predicted molar refractivity (Wildman–Crippen MR) is 108 cm³/mol. The Balaban J connectivity index is 1.90. The zero-order valence-corrected chi connectivity index (χ0v) is 16.5. The van der Waals surface area contributed by atoms with Crippen molar-refractivity contribution in [3.8, 4) is 17.7 Å². The number of aryl methyl sites for hydroxylation is 1. The van der Waals surface area contributed by atoms with Gasteiger partial charge in [0.1, 0.15) is 24.3 Å². The molecule has 1 aliphatic heterocycles. The topological polar surface area (TPSA) is 119 Å². The molecule has 3 rings (SSSR count). The molecule has 2 aromatic rings. The van der Waals surface area contributed by atoms with Gasteiger partial charge >= 0.3 is 5.97 Å². The number of benzene rings is 1. The Hall–Kier alpha value is -3.60. The third-order valence-electron chi connectivity index (χ3n) is 4.48. The van der Waals surface area contributed by atoms with Crippen LogP contribution >= 0.6 is 0 Å². The van der Waals surface area contributed by atoms with E-state index in [0.717, 1.165) is 11.1 Å². The Kier molecular flexibility index (Phi) is 5.41. The lowest BCUT2D eigenvalue weighted by molar-refractivity contribution is -0.138. The molecular weight excluding hydrogens is 372 g/mol. The van der Waals surface area contributed by atoms with Crippen molar-refractivity contribution in [3.05, 3.63) is 41.2 Å². The van der Waals surface area contributed by atoms with E-state index in [1.165, 1.54) is 6.33 Å². The van der Waals surface area contributed by atoms with Gasteiger partial charge in [-0.2, -0.15) is 0 Å². The van der Waals surface area contributed by atoms with Crippen molar-refractivity contribution in [2.75, 3.05) is 23.8 Å². The van der Waals surface area contributed by atoms with Crippen LogP contribution < -0.4 is 15.4 Å². The summed E-state index contributed by atoms with van der Waals surface area (Å²) < 4.78 is 5.56. The highest BCUT2D eigenvalue weighted by molar-refractivity contribution is 6.11. The van der Waals surface area contributed by atoms with Gasteiger partial charge in [0.25, 0.3) is 5.91 Å². The minimum Gasteiger partial charge on any atom is -0.481 e. The third kappa shape index (κ3) is 4.46. The van der Waals surface area contributed by atoms with E-state index in [4.69, 9.17) is 15.6 Å². The Labute approximate surface area is 168 Å². The predicted octanol–water partition coefficient (Wildman–Crippen LogP) is 2.26. The van der Waals surface area contributed by atoms with Gasteiger partial charge in [0.15, 0.2) is 0 Å². The number of anilines is 2. The van der Waals surface area contributed by atoms with Crippen molar-refractivity contribution in [2.45, 2.75) is 27.2 Å². The van der Waals surface area contributed by atoms with Crippen LogP contribution in [0, 0.1) is 24.2 Å². The number of carbonyl (C=O) groups is 2. The number of nitrogen functional groups attached to an aromatic ring is 1. The maximum absolute atomic E-state index is 13.1. The minimum atomic E-state index is -0.888. The van der Waals surface area contributed by atoms with Crippen molar-refractivity contribution in [2.24, 2.45) is 5.41 Å². The van der Waals surface area contributed by atoms with Gasteiger partial charge in [-0.3, -0.25) is 9.59 Å². The van der Waals surface area contributed by atoms with E-state index in [2.05, 4.69) is 21.8 Å². The van der Waals surface area contributed by atoms with Gasteiger partial charge in [-0.25, -0.2) is 9.97 Å². The number of aliphatic carboxylic acids is 1. The molecule has 0 saturated carbocycles. The first-order chi connectivity index (χ1) is 13.7. The molecule has 0 spiro atoms. The number of nitrogens with zero attached hydrogens (tertiary/aromatic N) is 3. The van der Waals surface area contributed by atoms with Crippen LogP contribution in [0.15, 0.2) is 24.5 Å². The molecule has 0 fully saturated rings.